The minimum Gasteiger partial charge on any atom is -0.452 e. The molecule has 0 aromatic heterocycles. The van der Waals surface area contributed by atoms with E-state index < -0.39 is 28.5 Å². The van der Waals surface area contributed by atoms with Crippen LogP contribution in [0, 0.1) is 6.92 Å². The lowest BCUT2D eigenvalue weighted by Crippen LogP contribution is -2.40. The zero-order valence-corrected chi connectivity index (χ0v) is 19.0. The highest BCUT2D eigenvalue weighted by Gasteiger charge is 2.28. The summed E-state index contributed by atoms with van der Waals surface area (Å²) in [5.41, 5.74) is 2.15. The number of nitrogens with zero attached hydrogens (tertiary/aromatic N) is 1. The van der Waals surface area contributed by atoms with Crippen molar-refractivity contribution < 1.29 is 27.5 Å². The lowest BCUT2D eigenvalue weighted by molar-refractivity contribution is -0.142. The minimum atomic E-state index is -3.84. The second-order valence-corrected chi connectivity index (χ2v) is 9.38. The highest BCUT2D eigenvalue weighted by atomic mass is 35.5. The number of nitrogens with one attached hydrogen (secondary N) is 1. The van der Waals surface area contributed by atoms with Crippen LogP contribution in [0.25, 0.3) is 6.08 Å². The van der Waals surface area contributed by atoms with Crippen molar-refractivity contribution in [1.29, 1.82) is 0 Å². The second kappa shape index (κ2) is 10.7. The van der Waals surface area contributed by atoms with E-state index >= 15 is 0 Å². The van der Waals surface area contributed by atoms with Gasteiger partial charge in [0.15, 0.2) is 6.61 Å². The molecule has 0 spiro atoms. The van der Waals surface area contributed by atoms with Crippen LogP contribution in [-0.4, -0.2) is 57.5 Å². The van der Waals surface area contributed by atoms with Crippen molar-refractivity contribution in [1.82, 2.24) is 4.31 Å². The second-order valence-electron chi connectivity index (χ2n) is 7.06. The van der Waals surface area contributed by atoms with Crippen LogP contribution in [0.2, 0.25) is 5.02 Å². The molecule has 3 rings (SSSR count). The van der Waals surface area contributed by atoms with Gasteiger partial charge in [0.1, 0.15) is 4.90 Å². The van der Waals surface area contributed by atoms with Gasteiger partial charge in [0.25, 0.3) is 5.91 Å². The van der Waals surface area contributed by atoms with E-state index in [0.717, 1.165) is 11.1 Å². The van der Waals surface area contributed by atoms with Gasteiger partial charge in [-0.2, -0.15) is 4.31 Å². The van der Waals surface area contributed by atoms with Crippen molar-refractivity contribution in [3.8, 4) is 0 Å². The number of aryl methyl sites for hydroxylation is 1. The van der Waals surface area contributed by atoms with Crippen LogP contribution in [0.5, 0.6) is 0 Å². The van der Waals surface area contributed by atoms with Crippen molar-refractivity contribution in [3.05, 3.63) is 64.7 Å². The van der Waals surface area contributed by atoms with Crippen LogP contribution < -0.4 is 5.32 Å². The van der Waals surface area contributed by atoms with Crippen LogP contribution in [0.15, 0.2) is 53.4 Å². The maximum absolute atomic E-state index is 12.9. The van der Waals surface area contributed by atoms with E-state index in [4.69, 9.17) is 21.1 Å². The van der Waals surface area contributed by atoms with Gasteiger partial charge in [0.2, 0.25) is 10.0 Å². The Morgan fingerprint density at radius 2 is 1.84 bits per heavy atom. The predicted octanol–water partition coefficient (Wildman–Crippen LogP) is 2.86. The zero-order valence-electron chi connectivity index (χ0n) is 17.4. The number of hydrogen-bond acceptors (Lipinski definition) is 6. The first-order valence-corrected chi connectivity index (χ1v) is 11.7. The van der Waals surface area contributed by atoms with E-state index in [9.17, 15) is 18.0 Å². The maximum atomic E-state index is 12.9. The van der Waals surface area contributed by atoms with Gasteiger partial charge >= 0.3 is 5.97 Å². The molecule has 170 valence electrons. The van der Waals surface area contributed by atoms with E-state index in [2.05, 4.69) is 5.32 Å². The van der Waals surface area contributed by atoms with Gasteiger partial charge in [-0.05, 0) is 36.8 Å². The quantitative estimate of drug-likeness (QED) is 0.485. The summed E-state index contributed by atoms with van der Waals surface area (Å²) >= 11 is 6.11. The molecule has 1 heterocycles. The summed E-state index contributed by atoms with van der Waals surface area (Å²) in [5.74, 6) is -1.29. The van der Waals surface area contributed by atoms with E-state index in [-0.39, 0.29) is 28.7 Å². The first kappa shape index (κ1) is 23.9. The summed E-state index contributed by atoms with van der Waals surface area (Å²) in [6.45, 7) is 2.49. The largest absolute Gasteiger partial charge is 0.452 e. The Morgan fingerprint density at radius 3 is 2.53 bits per heavy atom. The molecule has 0 saturated carbocycles. The third-order valence-electron chi connectivity index (χ3n) is 4.64. The molecule has 1 amide bonds. The molecule has 0 atom stereocenters. The molecular formula is C22H23ClN2O6S. The molecule has 0 unspecified atom stereocenters. The molecule has 10 heteroatoms. The SMILES string of the molecule is Cc1ccc(/C=C/C(=O)OCC(=O)Nc2ccc(Cl)c(S(=O)(=O)N3CCOCC3)c2)cc1. The van der Waals surface area contributed by atoms with E-state index in [1.807, 2.05) is 31.2 Å². The predicted molar refractivity (Wildman–Crippen MR) is 121 cm³/mol. The molecule has 32 heavy (non-hydrogen) atoms. The molecule has 8 nitrogen and oxygen atoms in total. The fraction of sp³-hybridized carbons (Fsp3) is 0.273. The highest BCUT2D eigenvalue weighted by Crippen LogP contribution is 2.28. The first-order valence-electron chi connectivity index (χ1n) is 9.84. The van der Waals surface area contributed by atoms with Crippen molar-refractivity contribution in [2.24, 2.45) is 0 Å². The molecule has 0 radical (unpaired) electrons. The Hall–Kier alpha value is -2.72. The summed E-state index contributed by atoms with van der Waals surface area (Å²) in [4.78, 5) is 23.9. The number of sulfonamides is 1. The number of morpholine rings is 1. The first-order chi connectivity index (χ1) is 15.3. The number of carbonyl (C=O) groups is 2. The molecule has 1 saturated heterocycles. The summed E-state index contributed by atoms with van der Waals surface area (Å²) < 4.78 is 37.1. The average molecular weight is 479 g/mol. The van der Waals surface area contributed by atoms with E-state index in [1.165, 1.54) is 28.6 Å². The van der Waals surface area contributed by atoms with Crippen molar-refractivity contribution in [3.63, 3.8) is 0 Å². The molecule has 0 aliphatic carbocycles. The number of benzene rings is 2. The van der Waals surface area contributed by atoms with Gasteiger partial charge in [-0.3, -0.25) is 4.79 Å². The number of anilines is 1. The smallest absolute Gasteiger partial charge is 0.331 e. The topological polar surface area (TPSA) is 102 Å². The summed E-state index contributed by atoms with van der Waals surface area (Å²) in [6.07, 6.45) is 2.81. The fourth-order valence-electron chi connectivity index (χ4n) is 2.93. The molecule has 1 N–H and O–H groups in total. The highest BCUT2D eigenvalue weighted by molar-refractivity contribution is 7.89. The number of rotatable bonds is 7. The van der Waals surface area contributed by atoms with Crippen molar-refractivity contribution in [2.75, 3.05) is 38.2 Å². The Labute approximate surface area is 191 Å². The average Bonchev–Trinajstić information content (AvgIpc) is 2.79. The van der Waals surface area contributed by atoms with Crippen LogP contribution in [0.1, 0.15) is 11.1 Å². The molecular weight excluding hydrogens is 456 g/mol. The lowest BCUT2D eigenvalue weighted by atomic mass is 10.1. The van der Waals surface area contributed by atoms with Crippen molar-refractivity contribution in [2.45, 2.75) is 11.8 Å². The van der Waals surface area contributed by atoms with Crippen LogP contribution in [-0.2, 0) is 29.1 Å². The minimum absolute atomic E-state index is 0.0437. The Morgan fingerprint density at radius 1 is 1.16 bits per heavy atom. The summed E-state index contributed by atoms with van der Waals surface area (Å²) in [5, 5.41) is 2.56. The molecule has 1 aliphatic rings. The van der Waals surface area contributed by atoms with Gasteiger partial charge in [0.05, 0.1) is 18.2 Å². The summed E-state index contributed by atoms with van der Waals surface area (Å²) in [6, 6.07) is 11.7. The monoisotopic (exact) mass is 478 g/mol. The molecule has 1 aliphatic heterocycles. The van der Waals surface area contributed by atoms with E-state index in [0.29, 0.717) is 13.2 Å². The number of hydrogen-bond donors (Lipinski definition) is 1. The van der Waals surface area contributed by atoms with Gasteiger partial charge < -0.3 is 14.8 Å². The number of ether oxygens (including phenoxy) is 2. The number of halogens is 1. The molecule has 1 fully saturated rings. The Kier molecular flexibility index (Phi) is 8.03. The fourth-order valence-corrected chi connectivity index (χ4v) is 4.84. The third-order valence-corrected chi connectivity index (χ3v) is 7.02. The van der Waals surface area contributed by atoms with Crippen LogP contribution >= 0.6 is 11.6 Å². The Bertz CT molecular complexity index is 1110. The Balaban J connectivity index is 1.58. The lowest BCUT2D eigenvalue weighted by Gasteiger charge is -2.26. The maximum Gasteiger partial charge on any atom is 0.331 e. The summed E-state index contributed by atoms with van der Waals surface area (Å²) in [7, 11) is -3.84. The normalized spacial score (nSPS) is 14.9. The molecule has 2 aromatic carbocycles. The van der Waals surface area contributed by atoms with Gasteiger partial charge in [-0.25, -0.2) is 13.2 Å². The number of carbonyl (C=O) groups excluding carboxylic acids is 2. The standard InChI is InChI=1S/C22H23ClN2O6S/c1-16-2-4-17(5-3-16)6-9-22(27)31-15-21(26)24-18-7-8-19(23)20(14-18)32(28,29)25-10-12-30-13-11-25/h2-9,14H,10-13,15H2,1H3,(H,24,26)/b9-6+. The number of amides is 1. The van der Waals surface area contributed by atoms with Crippen LogP contribution in [0.4, 0.5) is 5.69 Å². The third kappa shape index (κ3) is 6.39. The van der Waals surface area contributed by atoms with Gasteiger partial charge in [0, 0.05) is 24.9 Å². The molecule has 0 bridgehead atoms. The molecule has 2 aromatic rings. The number of esters is 1. The van der Waals surface area contributed by atoms with Crippen LogP contribution in [0.3, 0.4) is 0 Å². The van der Waals surface area contributed by atoms with E-state index in [1.54, 1.807) is 6.08 Å². The van der Waals surface area contributed by atoms with Crippen molar-refractivity contribution >= 4 is 45.3 Å². The van der Waals surface area contributed by atoms with Gasteiger partial charge in [-0.15, -0.1) is 0 Å². The van der Waals surface area contributed by atoms with Gasteiger partial charge in [-0.1, -0.05) is 41.4 Å². The zero-order chi connectivity index (χ0) is 23.1.